The molecule has 0 saturated carbocycles. The molecule has 0 bridgehead atoms. The minimum atomic E-state index is -0.648. The van der Waals surface area contributed by atoms with Gasteiger partial charge in [0.1, 0.15) is 10.8 Å². The molecule has 1 aliphatic rings. The number of primary amides is 1. The number of rotatable bonds is 9. The van der Waals surface area contributed by atoms with Crippen molar-refractivity contribution in [2.45, 2.75) is 33.8 Å². The lowest BCUT2D eigenvalue weighted by molar-refractivity contribution is -0.117. The number of nitrogens with two attached hydrogens (primary N) is 1. The Balaban J connectivity index is 1.64. The summed E-state index contributed by atoms with van der Waals surface area (Å²) in [6.45, 7) is 10.7. The second kappa shape index (κ2) is 11.3. The minimum Gasteiger partial charge on any atom is -0.492 e. The SMILES string of the molecule is CCOc1ccccc1N1CCN(CC(=O)Nc2sc(C(N)=O)c(C)c2C(=O)OC(C)C)CC1. The van der Waals surface area contributed by atoms with Crippen LogP contribution in [0, 0.1) is 6.92 Å². The van der Waals surface area contributed by atoms with Gasteiger partial charge in [-0.1, -0.05) is 12.1 Å². The second-order valence-electron chi connectivity index (χ2n) is 8.29. The van der Waals surface area contributed by atoms with Gasteiger partial charge in [0.2, 0.25) is 5.91 Å². The van der Waals surface area contributed by atoms with E-state index in [1.165, 1.54) is 0 Å². The van der Waals surface area contributed by atoms with Crippen LogP contribution in [0.1, 0.15) is 46.4 Å². The highest BCUT2D eigenvalue weighted by molar-refractivity contribution is 7.18. The molecular formula is C24H32N4O5S. The van der Waals surface area contributed by atoms with Crippen molar-refractivity contribution in [3.05, 3.63) is 40.3 Å². The van der Waals surface area contributed by atoms with Gasteiger partial charge in [0.05, 0.1) is 35.4 Å². The Morgan fingerprint density at radius 1 is 1.15 bits per heavy atom. The highest BCUT2D eigenvalue weighted by Gasteiger charge is 2.27. The first kappa shape index (κ1) is 25.5. The highest BCUT2D eigenvalue weighted by atomic mass is 32.1. The summed E-state index contributed by atoms with van der Waals surface area (Å²) in [5.74, 6) is -0.646. The van der Waals surface area contributed by atoms with Gasteiger partial charge in [0, 0.05) is 26.2 Å². The van der Waals surface area contributed by atoms with E-state index in [0.29, 0.717) is 25.3 Å². The molecule has 2 aromatic rings. The maximum Gasteiger partial charge on any atom is 0.341 e. The minimum absolute atomic E-state index is 0.169. The van der Waals surface area contributed by atoms with E-state index < -0.39 is 11.9 Å². The summed E-state index contributed by atoms with van der Waals surface area (Å²) in [5.41, 5.74) is 7.10. The lowest BCUT2D eigenvalue weighted by Crippen LogP contribution is -2.48. The smallest absolute Gasteiger partial charge is 0.341 e. The number of hydrogen-bond acceptors (Lipinski definition) is 8. The van der Waals surface area contributed by atoms with Gasteiger partial charge < -0.3 is 25.4 Å². The Bertz CT molecular complexity index is 1040. The maximum atomic E-state index is 12.8. The van der Waals surface area contributed by atoms with E-state index in [-0.39, 0.29) is 34.0 Å². The number of piperazine rings is 1. The lowest BCUT2D eigenvalue weighted by Gasteiger charge is -2.36. The fourth-order valence-corrected chi connectivity index (χ4v) is 4.93. The van der Waals surface area contributed by atoms with Crippen LogP contribution in [-0.4, -0.2) is 68.1 Å². The molecule has 1 aromatic heterocycles. The predicted octanol–water partition coefficient (Wildman–Crippen LogP) is 2.88. The van der Waals surface area contributed by atoms with Gasteiger partial charge >= 0.3 is 5.97 Å². The van der Waals surface area contributed by atoms with Crippen LogP contribution in [0.2, 0.25) is 0 Å². The molecule has 1 saturated heterocycles. The van der Waals surface area contributed by atoms with Crippen molar-refractivity contribution in [3.63, 3.8) is 0 Å². The number of carbonyl (C=O) groups is 3. The van der Waals surface area contributed by atoms with Crippen molar-refractivity contribution in [2.75, 3.05) is 49.5 Å². The van der Waals surface area contributed by atoms with Crippen molar-refractivity contribution >= 4 is 39.8 Å². The largest absolute Gasteiger partial charge is 0.492 e. The fraction of sp³-hybridized carbons (Fsp3) is 0.458. The summed E-state index contributed by atoms with van der Waals surface area (Å²) < 4.78 is 11.0. The fourth-order valence-electron chi connectivity index (χ4n) is 3.87. The van der Waals surface area contributed by atoms with Gasteiger partial charge in [-0.3, -0.25) is 14.5 Å². The number of thiophene rings is 1. The lowest BCUT2D eigenvalue weighted by atomic mass is 10.1. The van der Waals surface area contributed by atoms with Gasteiger partial charge in [-0.2, -0.15) is 0 Å². The Kier molecular flexibility index (Phi) is 8.51. The molecule has 0 spiro atoms. The van der Waals surface area contributed by atoms with E-state index in [2.05, 4.69) is 15.1 Å². The number of nitrogens with zero attached hydrogens (tertiary/aromatic N) is 2. The summed E-state index contributed by atoms with van der Waals surface area (Å²) in [4.78, 5) is 41.7. The van der Waals surface area contributed by atoms with Crippen molar-refractivity contribution in [2.24, 2.45) is 5.73 Å². The van der Waals surface area contributed by atoms with E-state index in [0.717, 1.165) is 35.9 Å². The standard InChI is InChI=1S/C24H32N4O5S/c1-5-32-18-9-7-6-8-17(18)28-12-10-27(11-13-28)14-19(29)26-23-20(24(31)33-15(2)3)16(4)21(34-23)22(25)30/h6-9,15H,5,10-14H2,1-4H3,(H2,25,30)(H,26,29). The topological polar surface area (TPSA) is 114 Å². The molecule has 3 rings (SSSR count). The number of carbonyl (C=O) groups excluding carboxylic acids is 3. The first-order chi connectivity index (χ1) is 16.2. The summed E-state index contributed by atoms with van der Waals surface area (Å²) in [5, 5.41) is 3.08. The van der Waals surface area contributed by atoms with Crippen molar-refractivity contribution < 1.29 is 23.9 Å². The predicted molar refractivity (Wildman–Crippen MR) is 133 cm³/mol. The first-order valence-electron chi connectivity index (χ1n) is 11.3. The Labute approximate surface area is 203 Å². The number of ether oxygens (including phenoxy) is 2. The van der Waals surface area contributed by atoms with Crippen LogP contribution >= 0.6 is 11.3 Å². The van der Waals surface area contributed by atoms with E-state index in [1.807, 2.05) is 31.2 Å². The number of para-hydroxylation sites is 2. The van der Waals surface area contributed by atoms with Crippen LogP contribution in [0.3, 0.4) is 0 Å². The second-order valence-corrected chi connectivity index (χ2v) is 9.31. The Morgan fingerprint density at radius 2 is 1.82 bits per heavy atom. The number of benzene rings is 1. The van der Waals surface area contributed by atoms with Gasteiger partial charge in [-0.05, 0) is 45.4 Å². The average Bonchev–Trinajstić information content (AvgIpc) is 3.10. The van der Waals surface area contributed by atoms with Gasteiger partial charge in [-0.15, -0.1) is 11.3 Å². The number of hydrogen-bond donors (Lipinski definition) is 2. The zero-order valence-electron chi connectivity index (χ0n) is 20.1. The summed E-state index contributed by atoms with van der Waals surface area (Å²) in [6.07, 6.45) is -0.337. The van der Waals surface area contributed by atoms with Crippen LogP contribution < -0.4 is 20.7 Å². The number of anilines is 2. The molecular weight excluding hydrogens is 456 g/mol. The van der Waals surface area contributed by atoms with Crippen LogP contribution in [0.5, 0.6) is 5.75 Å². The Hall–Kier alpha value is -3.11. The quantitative estimate of drug-likeness (QED) is 0.522. The van der Waals surface area contributed by atoms with Gasteiger partial charge in [-0.25, -0.2) is 4.79 Å². The molecule has 0 radical (unpaired) electrons. The number of amides is 2. The molecule has 0 atom stereocenters. The normalized spacial score (nSPS) is 14.2. The molecule has 2 amide bonds. The Morgan fingerprint density at radius 3 is 2.44 bits per heavy atom. The van der Waals surface area contributed by atoms with E-state index in [4.69, 9.17) is 15.2 Å². The molecule has 10 heteroatoms. The summed E-state index contributed by atoms with van der Waals surface area (Å²) >= 11 is 0.996. The third-order valence-corrected chi connectivity index (χ3v) is 6.64. The first-order valence-corrected chi connectivity index (χ1v) is 12.2. The van der Waals surface area contributed by atoms with E-state index >= 15 is 0 Å². The van der Waals surface area contributed by atoms with Crippen molar-refractivity contribution in [1.29, 1.82) is 0 Å². The maximum absolute atomic E-state index is 12.8. The molecule has 34 heavy (non-hydrogen) atoms. The molecule has 3 N–H and O–H groups in total. The molecule has 9 nitrogen and oxygen atoms in total. The molecule has 1 aromatic carbocycles. The molecule has 0 unspecified atom stereocenters. The third kappa shape index (κ3) is 6.06. The summed E-state index contributed by atoms with van der Waals surface area (Å²) in [6, 6.07) is 7.95. The van der Waals surface area contributed by atoms with Crippen LogP contribution in [-0.2, 0) is 9.53 Å². The van der Waals surface area contributed by atoms with Crippen molar-refractivity contribution in [3.8, 4) is 5.75 Å². The highest BCUT2D eigenvalue weighted by Crippen LogP contribution is 2.34. The van der Waals surface area contributed by atoms with Crippen LogP contribution in [0.25, 0.3) is 0 Å². The van der Waals surface area contributed by atoms with E-state index in [9.17, 15) is 14.4 Å². The molecule has 1 aliphatic heterocycles. The molecule has 2 heterocycles. The number of esters is 1. The summed E-state index contributed by atoms with van der Waals surface area (Å²) in [7, 11) is 0. The van der Waals surface area contributed by atoms with E-state index in [1.54, 1.807) is 20.8 Å². The van der Waals surface area contributed by atoms with Crippen LogP contribution in [0.4, 0.5) is 10.7 Å². The molecule has 0 aliphatic carbocycles. The number of nitrogens with one attached hydrogen (secondary N) is 1. The average molecular weight is 489 g/mol. The van der Waals surface area contributed by atoms with Gasteiger partial charge in [0.25, 0.3) is 5.91 Å². The monoisotopic (exact) mass is 488 g/mol. The van der Waals surface area contributed by atoms with Crippen LogP contribution in [0.15, 0.2) is 24.3 Å². The zero-order valence-corrected chi connectivity index (χ0v) is 20.9. The third-order valence-electron chi connectivity index (χ3n) is 5.42. The molecule has 184 valence electrons. The molecule has 1 fully saturated rings. The van der Waals surface area contributed by atoms with Gasteiger partial charge in [0.15, 0.2) is 0 Å². The van der Waals surface area contributed by atoms with Crippen molar-refractivity contribution in [1.82, 2.24) is 4.90 Å². The zero-order chi connectivity index (χ0) is 24.8.